The van der Waals surface area contributed by atoms with Crippen LogP contribution in [0.25, 0.3) is 10.4 Å². The summed E-state index contributed by atoms with van der Waals surface area (Å²) < 4.78 is 5.26. The maximum atomic E-state index is 12.1. The van der Waals surface area contributed by atoms with Gasteiger partial charge in [-0.3, -0.25) is 0 Å². The van der Waals surface area contributed by atoms with Gasteiger partial charge in [0.05, 0.1) is 12.1 Å². The normalized spacial score (nSPS) is 22.0. The van der Waals surface area contributed by atoms with Gasteiger partial charge in [-0.25, -0.2) is 4.79 Å². The summed E-state index contributed by atoms with van der Waals surface area (Å²) in [5.41, 5.74) is 9.43. The maximum Gasteiger partial charge on any atom is 0.410 e. The number of carbonyl (C=O) groups is 1. The number of benzene rings is 1. The highest BCUT2D eigenvalue weighted by atomic mass is 16.6. The number of carbonyl (C=O) groups excluding carboxylic acids is 1. The largest absolute Gasteiger partial charge is 0.445 e. The van der Waals surface area contributed by atoms with E-state index in [0.717, 1.165) is 5.56 Å². The standard InChI is InChI=1S/C14H18N4O3/c15-17-16-12-9-18(8-4-7-13(12)19)14(20)21-10-11-5-2-1-3-6-11/h1-3,5-6,12-13,19H,4,7-10H2/t12-,13-/m1/s1. The summed E-state index contributed by atoms with van der Waals surface area (Å²) in [7, 11) is 0. The van der Waals surface area contributed by atoms with Crippen LogP contribution in [0, 0.1) is 0 Å². The lowest BCUT2D eigenvalue weighted by Crippen LogP contribution is -2.38. The van der Waals surface area contributed by atoms with Crippen molar-refractivity contribution < 1.29 is 14.6 Å². The minimum Gasteiger partial charge on any atom is -0.445 e. The molecular formula is C14H18N4O3. The fourth-order valence-corrected chi connectivity index (χ4v) is 2.28. The molecule has 2 rings (SSSR count). The Bertz CT molecular complexity index is 516. The van der Waals surface area contributed by atoms with Crippen molar-refractivity contribution in [3.8, 4) is 0 Å². The Morgan fingerprint density at radius 3 is 2.95 bits per heavy atom. The summed E-state index contributed by atoms with van der Waals surface area (Å²) in [6.07, 6.45) is -0.00973. The zero-order valence-electron chi connectivity index (χ0n) is 11.6. The molecule has 7 nitrogen and oxygen atoms in total. The fourth-order valence-electron chi connectivity index (χ4n) is 2.28. The summed E-state index contributed by atoms with van der Waals surface area (Å²) in [5, 5.41) is 13.4. The average molecular weight is 290 g/mol. The number of hydrogen-bond donors (Lipinski definition) is 1. The smallest absolute Gasteiger partial charge is 0.410 e. The topological polar surface area (TPSA) is 98.5 Å². The van der Waals surface area contributed by atoms with E-state index in [0.29, 0.717) is 19.4 Å². The van der Waals surface area contributed by atoms with Crippen LogP contribution in [0.15, 0.2) is 35.4 Å². The number of azide groups is 1. The van der Waals surface area contributed by atoms with Gasteiger partial charge in [-0.15, -0.1) is 0 Å². The molecule has 1 aromatic rings. The molecule has 0 bridgehead atoms. The molecule has 112 valence electrons. The van der Waals surface area contributed by atoms with E-state index in [4.69, 9.17) is 10.3 Å². The van der Waals surface area contributed by atoms with Crippen molar-refractivity contribution in [2.75, 3.05) is 13.1 Å². The number of aliphatic hydroxyl groups excluding tert-OH is 1. The SMILES string of the molecule is [N-]=[N+]=N[C@@H]1CN(C(=O)OCc2ccccc2)CCC[C@H]1O. The monoisotopic (exact) mass is 290 g/mol. The molecule has 0 unspecified atom stereocenters. The molecule has 2 atom stereocenters. The Kier molecular flexibility index (Phi) is 5.43. The molecule has 1 aliphatic rings. The quantitative estimate of drug-likeness (QED) is 0.526. The first kappa shape index (κ1) is 15.2. The summed E-state index contributed by atoms with van der Waals surface area (Å²) in [5.74, 6) is 0. The Morgan fingerprint density at radius 1 is 1.48 bits per heavy atom. The van der Waals surface area contributed by atoms with Gasteiger partial charge in [0.2, 0.25) is 0 Å². The van der Waals surface area contributed by atoms with E-state index in [1.54, 1.807) is 0 Å². The number of amides is 1. The minimum atomic E-state index is -0.715. The first-order chi connectivity index (χ1) is 10.2. The van der Waals surface area contributed by atoms with Crippen LogP contribution in [0.5, 0.6) is 0 Å². The lowest BCUT2D eigenvalue weighted by molar-refractivity contribution is 0.0905. The van der Waals surface area contributed by atoms with Crippen LogP contribution in [-0.2, 0) is 11.3 Å². The molecule has 0 spiro atoms. The second kappa shape index (κ2) is 7.52. The minimum absolute atomic E-state index is 0.179. The van der Waals surface area contributed by atoms with Gasteiger partial charge in [-0.1, -0.05) is 35.4 Å². The lowest BCUT2D eigenvalue weighted by Gasteiger charge is -2.22. The van der Waals surface area contributed by atoms with Crippen molar-refractivity contribution in [1.82, 2.24) is 4.90 Å². The van der Waals surface area contributed by atoms with Crippen LogP contribution in [0.3, 0.4) is 0 Å². The zero-order chi connectivity index (χ0) is 15.1. The summed E-state index contributed by atoms with van der Waals surface area (Å²) >= 11 is 0. The first-order valence-electron chi connectivity index (χ1n) is 6.88. The van der Waals surface area contributed by atoms with Crippen molar-refractivity contribution in [3.63, 3.8) is 0 Å². The molecule has 1 aromatic carbocycles. The second-order valence-corrected chi connectivity index (χ2v) is 4.97. The average Bonchev–Trinajstić information content (AvgIpc) is 2.69. The van der Waals surface area contributed by atoms with Crippen LogP contribution < -0.4 is 0 Å². The van der Waals surface area contributed by atoms with Crippen molar-refractivity contribution >= 4 is 6.09 Å². The van der Waals surface area contributed by atoms with E-state index in [2.05, 4.69) is 10.0 Å². The van der Waals surface area contributed by atoms with E-state index in [-0.39, 0.29) is 13.2 Å². The maximum absolute atomic E-state index is 12.1. The van der Waals surface area contributed by atoms with Crippen LogP contribution in [0.4, 0.5) is 4.79 Å². The van der Waals surface area contributed by atoms with Gasteiger partial charge in [0.25, 0.3) is 0 Å². The predicted octanol–water partition coefficient (Wildman–Crippen LogP) is 2.46. The number of rotatable bonds is 3. The molecule has 0 aromatic heterocycles. The molecule has 1 saturated heterocycles. The van der Waals surface area contributed by atoms with Gasteiger partial charge in [0, 0.05) is 18.0 Å². The van der Waals surface area contributed by atoms with E-state index < -0.39 is 18.2 Å². The fraction of sp³-hybridized carbons (Fsp3) is 0.500. The third-order valence-corrected chi connectivity index (χ3v) is 3.44. The molecule has 1 amide bonds. The van der Waals surface area contributed by atoms with E-state index in [1.165, 1.54) is 4.90 Å². The zero-order valence-corrected chi connectivity index (χ0v) is 11.6. The highest BCUT2D eigenvalue weighted by molar-refractivity contribution is 5.67. The van der Waals surface area contributed by atoms with Gasteiger partial charge < -0.3 is 14.7 Å². The number of ether oxygens (including phenoxy) is 1. The third kappa shape index (κ3) is 4.37. The highest BCUT2D eigenvalue weighted by Gasteiger charge is 2.28. The van der Waals surface area contributed by atoms with Crippen LogP contribution in [0.1, 0.15) is 18.4 Å². The first-order valence-corrected chi connectivity index (χ1v) is 6.88. The highest BCUT2D eigenvalue weighted by Crippen LogP contribution is 2.16. The predicted molar refractivity (Wildman–Crippen MR) is 76.4 cm³/mol. The van der Waals surface area contributed by atoms with Gasteiger partial charge in [0.15, 0.2) is 0 Å². The Labute approximate surface area is 122 Å². The van der Waals surface area contributed by atoms with Crippen molar-refractivity contribution in [3.05, 3.63) is 46.3 Å². The summed E-state index contributed by atoms with van der Waals surface area (Å²) in [6.45, 7) is 0.867. The molecule has 1 heterocycles. The van der Waals surface area contributed by atoms with Crippen molar-refractivity contribution in [2.24, 2.45) is 5.11 Å². The number of nitrogens with zero attached hydrogens (tertiary/aromatic N) is 4. The van der Waals surface area contributed by atoms with Crippen LogP contribution in [-0.4, -0.2) is 41.3 Å². The summed E-state index contributed by atoms with van der Waals surface area (Å²) in [4.78, 5) is 16.3. The number of likely N-dealkylation sites (tertiary alicyclic amines) is 1. The molecule has 1 fully saturated rings. The Hall–Kier alpha value is -2.24. The Morgan fingerprint density at radius 2 is 2.24 bits per heavy atom. The Balaban J connectivity index is 1.93. The molecule has 1 N–H and O–H groups in total. The number of aliphatic hydroxyl groups is 1. The molecular weight excluding hydrogens is 272 g/mol. The van der Waals surface area contributed by atoms with Crippen LogP contribution >= 0.6 is 0 Å². The number of hydrogen-bond acceptors (Lipinski definition) is 4. The van der Waals surface area contributed by atoms with Crippen LogP contribution in [0.2, 0.25) is 0 Å². The molecule has 0 radical (unpaired) electrons. The lowest BCUT2D eigenvalue weighted by atomic mass is 10.1. The summed E-state index contributed by atoms with van der Waals surface area (Å²) in [6, 6.07) is 8.78. The van der Waals surface area contributed by atoms with E-state index in [1.807, 2.05) is 30.3 Å². The van der Waals surface area contributed by atoms with Crippen molar-refractivity contribution in [2.45, 2.75) is 31.6 Å². The molecule has 7 heteroatoms. The third-order valence-electron chi connectivity index (χ3n) is 3.44. The van der Waals surface area contributed by atoms with Crippen molar-refractivity contribution in [1.29, 1.82) is 0 Å². The molecule has 1 aliphatic heterocycles. The molecule has 21 heavy (non-hydrogen) atoms. The van der Waals surface area contributed by atoms with E-state index >= 15 is 0 Å². The van der Waals surface area contributed by atoms with E-state index in [9.17, 15) is 9.90 Å². The van der Waals surface area contributed by atoms with Gasteiger partial charge in [-0.05, 0) is 23.9 Å². The van der Waals surface area contributed by atoms with Gasteiger partial charge in [-0.2, -0.15) is 0 Å². The molecule has 0 aliphatic carbocycles. The molecule has 0 saturated carbocycles. The van der Waals surface area contributed by atoms with Gasteiger partial charge >= 0.3 is 6.09 Å². The van der Waals surface area contributed by atoms with Gasteiger partial charge in [0.1, 0.15) is 6.61 Å². The second-order valence-electron chi connectivity index (χ2n) is 4.97.